The molecule has 0 bridgehead atoms. The maximum atomic E-state index is 9.80. The zero-order valence-corrected chi connectivity index (χ0v) is 11.9. The van der Waals surface area contributed by atoms with Gasteiger partial charge in [-0.3, -0.25) is 5.32 Å². The fourth-order valence-corrected chi connectivity index (χ4v) is 2.17. The second kappa shape index (κ2) is 8.32. The van der Waals surface area contributed by atoms with Gasteiger partial charge in [0.25, 0.3) is 0 Å². The van der Waals surface area contributed by atoms with E-state index in [-0.39, 0.29) is 6.54 Å². The summed E-state index contributed by atoms with van der Waals surface area (Å²) >= 11 is 0. The van der Waals surface area contributed by atoms with Crippen LogP contribution < -0.4 is 11.1 Å². The molecule has 9 N–H and O–H groups in total. The SMILES string of the molecule is CC[C@@H](O)[C@@H](O)[C@@H](N)CN[C@@H]1OC(CO)[C@H](O)C(O)C1O. The van der Waals surface area contributed by atoms with E-state index >= 15 is 0 Å². The molecule has 1 rings (SSSR count). The summed E-state index contributed by atoms with van der Waals surface area (Å²) < 4.78 is 5.23. The van der Waals surface area contributed by atoms with Crippen molar-refractivity contribution in [2.24, 2.45) is 5.73 Å². The van der Waals surface area contributed by atoms with Gasteiger partial charge in [-0.05, 0) is 6.42 Å². The monoisotopic (exact) mass is 310 g/mol. The van der Waals surface area contributed by atoms with Crippen LogP contribution in [-0.2, 0) is 4.74 Å². The minimum atomic E-state index is -1.48. The van der Waals surface area contributed by atoms with Gasteiger partial charge in [0.1, 0.15) is 30.6 Å². The van der Waals surface area contributed by atoms with Crippen molar-refractivity contribution in [2.75, 3.05) is 13.2 Å². The lowest BCUT2D eigenvalue weighted by Crippen LogP contribution is -2.64. The molecule has 0 aromatic heterocycles. The number of hydrogen-bond acceptors (Lipinski definition) is 9. The van der Waals surface area contributed by atoms with Crippen LogP contribution in [0.1, 0.15) is 13.3 Å². The van der Waals surface area contributed by atoms with E-state index in [0.717, 1.165) is 0 Å². The van der Waals surface area contributed by atoms with Crippen LogP contribution in [0.25, 0.3) is 0 Å². The van der Waals surface area contributed by atoms with Gasteiger partial charge in [-0.15, -0.1) is 0 Å². The van der Waals surface area contributed by atoms with E-state index in [9.17, 15) is 25.5 Å². The molecule has 0 aliphatic carbocycles. The summed E-state index contributed by atoms with van der Waals surface area (Å²) in [4.78, 5) is 0. The fourth-order valence-electron chi connectivity index (χ4n) is 2.17. The molecule has 9 heteroatoms. The number of ether oxygens (including phenoxy) is 1. The molecular weight excluding hydrogens is 284 g/mol. The number of hydrogen-bond donors (Lipinski definition) is 8. The first-order valence-electron chi connectivity index (χ1n) is 6.99. The van der Waals surface area contributed by atoms with Crippen LogP contribution in [0.2, 0.25) is 0 Å². The summed E-state index contributed by atoms with van der Waals surface area (Å²) in [5.41, 5.74) is 5.71. The molecule has 126 valence electrons. The van der Waals surface area contributed by atoms with Crippen LogP contribution in [0.4, 0.5) is 0 Å². The third kappa shape index (κ3) is 4.55. The van der Waals surface area contributed by atoms with Gasteiger partial charge in [0.05, 0.1) is 18.8 Å². The smallest absolute Gasteiger partial charge is 0.137 e. The van der Waals surface area contributed by atoms with Crippen LogP contribution in [-0.4, -0.2) is 92.7 Å². The molecule has 9 nitrogen and oxygen atoms in total. The highest BCUT2D eigenvalue weighted by atomic mass is 16.6. The van der Waals surface area contributed by atoms with Gasteiger partial charge in [0, 0.05) is 12.6 Å². The molecule has 1 aliphatic rings. The minimum Gasteiger partial charge on any atom is -0.394 e. The standard InChI is InChI=1S/C12H26N2O7/c1-2-6(16)8(17)5(13)3-14-12-11(20)10(19)9(18)7(4-15)21-12/h5-12,14-20H,2-4,13H2,1H3/t5-,6+,7?,8-,9-,10?,11?,12+/m0/s1. The van der Waals surface area contributed by atoms with E-state index in [1.165, 1.54) is 0 Å². The van der Waals surface area contributed by atoms with Crippen LogP contribution in [0.3, 0.4) is 0 Å². The van der Waals surface area contributed by atoms with Gasteiger partial charge in [0.15, 0.2) is 0 Å². The minimum absolute atomic E-state index is 0.000910. The third-order valence-corrected chi connectivity index (χ3v) is 3.70. The zero-order valence-electron chi connectivity index (χ0n) is 11.9. The Hall–Kier alpha value is -0.360. The second-order valence-electron chi connectivity index (χ2n) is 5.29. The van der Waals surface area contributed by atoms with E-state index in [1.54, 1.807) is 6.92 Å². The van der Waals surface area contributed by atoms with Crippen LogP contribution in [0.5, 0.6) is 0 Å². The molecule has 1 saturated heterocycles. The largest absolute Gasteiger partial charge is 0.394 e. The van der Waals surface area contributed by atoms with Crippen molar-refractivity contribution in [2.45, 2.75) is 62.2 Å². The van der Waals surface area contributed by atoms with Gasteiger partial charge >= 0.3 is 0 Å². The highest BCUT2D eigenvalue weighted by molar-refractivity contribution is 4.92. The van der Waals surface area contributed by atoms with Crippen LogP contribution in [0.15, 0.2) is 0 Å². The van der Waals surface area contributed by atoms with E-state index in [4.69, 9.17) is 15.6 Å². The lowest BCUT2D eigenvalue weighted by atomic mass is 9.98. The number of rotatable bonds is 7. The van der Waals surface area contributed by atoms with Gasteiger partial charge in [0.2, 0.25) is 0 Å². The van der Waals surface area contributed by atoms with Crippen LogP contribution in [0, 0.1) is 0 Å². The molecule has 1 fully saturated rings. The highest BCUT2D eigenvalue weighted by Crippen LogP contribution is 2.19. The van der Waals surface area contributed by atoms with Crippen molar-refractivity contribution in [3.05, 3.63) is 0 Å². The Bertz CT molecular complexity index is 307. The summed E-state index contributed by atoms with van der Waals surface area (Å²) in [6, 6.07) is -0.813. The van der Waals surface area contributed by atoms with Crippen molar-refractivity contribution in [1.82, 2.24) is 5.32 Å². The molecule has 1 heterocycles. The molecular formula is C12H26N2O7. The van der Waals surface area contributed by atoms with Gasteiger partial charge < -0.3 is 41.1 Å². The average Bonchev–Trinajstić information content (AvgIpc) is 2.50. The summed E-state index contributed by atoms with van der Waals surface area (Å²) in [6.07, 6.45) is -8.15. The summed E-state index contributed by atoms with van der Waals surface area (Å²) in [5, 5.41) is 60.0. The van der Waals surface area contributed by atoms with E-state index < -0.39 is 55.5 Å². The van der Waals surface area contributed by atoms with E-state index in [2.05, 4.69) is 5.32 Å². The number of nitrogens with one attached hydrogen (secondary N) is 1. The predicted octanol–water partition coefficient (Wildman–Crippen LogP) is -4.16. The van der Waals surface area contributed by atoms with E-state index in [1.807, 2.05) is 0 Å². The first-order valence-corrected chi connectivity index (χ1v) is 6.99. The Morgan fingerprint density at radius 3 is 2.29 bits per heavy atom. The molecule has 1 aliphatic heterocycles. The lowest BCUT2D eigenvalue weighted by Gasteiger charge is -2.40. The van der Waals surface area contributed by atoms with Crippen molar-refractivity contribution in [3.63, 3.8) is 0 Å². The maximum Gasteiger partial charge on any atom is 0.137 e. The predicted molar refractivity (Wildman–Crippen MR) is 72.0 cm³/mol. The van der Waals surface area contributed by atoms with Crippen molar-refractivity contribution in [1.29, 1.82) is 0 Å². The number of aliphatic hydroxyl groups excluding tert-OH is 6. The summed E-state index contributed by atoms with van der Waals surface area (Å²) in [7, 11) is 0. The molecule has 0 spiro atoms. The first-order chi connectivity index (χ1) is 9.83. The number of aliphatic hydroxyl groups is 6. The van der Waals surface area contributed by atoms with Crippen molar-refractivity contribution < 1.29 is 35.4 Å². The maximum absolute atomic E-state index is 9.80. The van der Waals surface area contributed by atoms with Gasteiger partial charge in [-0.2, -0.15) is 0 Å². The normalized spacial score (nSPS) is 38.0. The average molecular weight is 310 g/mol. The Kier molecular flexibility index (Phi) is 7.40. The Labute approximate surface area is 123 Å². The topological polar surface area (TPSA) is 169 Å². The third-order valence-electron chi connectivity index (χ3n) is 3.70. The Morgan fingerprint density at radius 1 is 1.14 bits per heavy atom. The van der Waals surface area contributed by atoms with Crippen LogP contribution >= 0.6 is 0 Å². The molecule has 21 heavy (non-hydrogen) atoms. The fraction of sp³-hybridized carbons (Fsp3) is 1.00. The number of nitrogens with two attached hydrogens (primary N) is 1. The molecule has 0 saturated carbocycles. The highest BCUT2D eigenvalue weighted by Gasteiger charge is 2.43. The molecule has 0 amide bonds. The molecule has 0 aromatic rings. The van der Waals surface area contributed by atoms with Crippen molar-refractivity contribution in [3.8, 4) is 0 Å². The second-order valence-corrected chi connectivity index (χ2v) is 5.29. The molecule has 0 aromatic carbocycles. The Morgan fingerprint density at radius 2 is 1.76 bits per heavy atom. The first kappa shape index (κ1) is 18.7. The quantitative estimate of drug-likeness (QED) is 0.232. The van der Waals surface area contributed by atoms with E-state index in [0.29, 0.717) is 6.42 Å². The molecule has 8 atom stereocenters. The Balaban J connectivity index is 2.53. The summed E-state index contributed by atoms with van der Waals surface area (Å²) in [6.45, 7) is 1.18. The van der Waals surface area contributed by atoms with Crippen molar-refractivity contribution >= 4 is 0 Å². The lowest BCUT2D eigenvalue weighted by molar-refractivity contribution is -0.236. The zero-order chi connectivity index (χ0) is 16.2. The molecule has 0 radical (unpaired) electrons. The molecule has 3 unspecified atom stereocenters. The van der Waals surface area contributed by atoms with Gasteiger partial charge in [-0.25, -0.2) is 0 Å². The van der Waals surface area contributed by atoms with Gasteiger partial charge in [-0.1, -0.05) is 6.92 Å². The summed E-state index contributed by atoms with van der Waals surface area (Å²) in [5.74, 6) is 0.